The third kappa shape index (κ3) is 1.71. The average molecular weight is 217 g/mol. The molecule has 0 aliphatic rings. The third-order valence-electron chi connectivity index (χ3n) is 2.64. The molecule has 0 amide bonds. The predicted octanol–water partition coefficient (Wildman–Crippen LogP) is 1.83. The zero-order valence-corrected chi connectivity index (χ0v) is 9.77. The highest BCUT2D eigenvalue weighted by atomic mass is 16.1. The Kier molecular flexibility index (Phi) is 2.73. The number of rotatable bonds is 3. The third-order valence-corrected chi connectivity index (χ3v) is 2.64. The molecule has 0 aliphatic carbocycles. The highest BCUT2D eigenvalue weighted by Gasteiger charge is 2.11. The monoisotopic (exact) mass is 217 g/mol. The van der Waals surface area contributed by atoms with Crippen LogP contribution in [0.15, 0.2) is 12.3 Å². The maximum atomic E-state index is 10.4. The van der Waals surface area contributed by atoms with Crippen molar-refractivity contribution in [2.24, 2.45) is 7.05 Å². The number of aromatic nitrogens is 3. The number of aryl methyl sites for hydroxylation is 1. The van der Waals surface area contributed by atoms with E-state index in [1.54, 1.807) is 6.20 Å². The van der Waals surface area contributed by atoms with Crippen molar-refractivity contribution in [3.05, 3.63) is 23.7 Å². The zero-order chi connectivity index (χ0) is 11.7. The first-order valence-corrected chi connectivity index (χ1v) is 5.38. The standard InChI is InChI=1S/C12H15N3O/c1-8(2)11-14-10-6-9(4-5-16)7-13-12(10)15(11)3/h5-8H,4H2,1-3H3. The fourth-order valence-electron chi connectivity index (χ4n) is 1.86. The first-order chi connectivity index (χ1) is 7.63. The summed E-state index contributed by atoms with van der Waals surface area (Å²) in [5.74, 6) is 1.39. The minimum absolute atomic E-state index is 0.369. The maximum Gasteiger partial charge on any atom is 0.159 e. The lowest BCUT2D eigenvalue weighted by molar-refractivity contribution is -0.107. The van der Waals surface area contributed by atoms with Crippen molar-refractivity contribution in [2.75, 3.05) is 0 Å². The van der Waals surface area contributed by atoms with Gasteiger partial charge in [-0.3, -0.25) is 0 Å². The summed E-state index contributed by atoms with van der Waals surface area (Å²) in [5.41, 5.74) is 2.65. The van der Waals surface area contributed by atoms with Gasteiger partial charge in [-0.2, -0.15) is 0 Å². The van der Waals surface area contributed by atoms with Crippen LogP contribution in [0.4, 0.5) is 0 Å². The van der Waals surface area contributed by atoms with Gasteiger partial charge in [-0.25, -0.2) is 9.97 Å². The Morgan fingerprint density at radius 1 is 1.50 bits per heavy atom. The lowest BCUT2D eigenvalue weighted by atomic mass is 10.2. The molecular weight excluding hydrogens is 202 g/mol. The topological polar surface area (TPSA) is 47.8 Å². The van der Waals surface area contributed by atoms with Crippen molar-refractivity contribution in [3.63, 3.8) is 0 Å². The molecule has 84 valence electrons. The molecule has 0 bridgehead atoms. The zero-order valence-electron chi connectivity index (χ0n) is 9.77. The number of aldehydes is 1. The summed E-state index contributed by atoms with van der Waals surface area (Å²) < 4.78 is 2.00. The van der Waals surface area contributed by atoms with Gasteiger partial charge in [0.05, 0.1) is 0 Å². The second kappa shape index (κ2) is 4.04. The average Bonchev–Trinajstić information content (AvgIpc) is 2.56. The molecular formula is C12H15N3O. The number of carbonyl (C=O) groups is 1. The molecule has 0 N–H and O–H groups in total. The van der Waals surface area contributed by atoms with Gasteiger partial charge in [-0.05, 0) is 11.6 Å². The Hall–Kier alpha value is -1.71. The van der Waals surface area contributed by atoms with Crippen LogP contribution < -0.4 is 0 Å². The second-order valence-electron chi connectivity index (χ2n) is 4.24. The molecule has 2 aromatic rings. The number of nitrogens with zero attached hydrogens (tertiary/aromatic N) is 3. The van der Waals surface area contributed by atoms with E-state index in [4.69, 9.17) is 0 Å². The molecule has 0 radical (unpaired) electrons. The molecule has 16 heavy (non-hydrogen) atoms. The first-order valence-electron chi connectivity index (χ1n) is 5.38. The minimum atomic E-state index is 0.369. The van der Waals surface area contributed by atoms with Gasteiger partial charge in [0.25, 0.3) is 0 Å². The van der Waals surface area contributed by atoms with Gasteiger partial charge in [0, 0.05) is 25.6 Å². The molecule has 0 spiro atoms. The molecule has 0 fully saturated rings. The van der Waals surface area contributed by atoms with E-state index in [9.17, 15) is 4.79 Å². The largest absolute Gasteiger partial charge is 0.316 e. The van der Waals surface area contributed by atoms with Gasteiger partial charge in [0.15, 0.2) is 5.65 Å². The highest BCUT2D eigenvalue weighted by molar-refractivity contribution is 5.73. The highest BCUT2D eigenvalue weighted by Crippen LogP contribution is 2.19. The van der Waals surface area contributed by atoms with Crippen molar-refractivity contribution >= 4 is 17.5 Å². The van der Waals surface area contributed by atoms with Crippen LogP contribution in [-0.2, 0) is 18.3 Å². The lowest BCUT2D eigenvalue weighted by Gasteiger charge is -2.03. The van der Waals surface area contributed by atoms with Gasteiger partial charge in [-0.1, -0.05) is 13.8 Å². The fraction of sp³-hybridized carbons (Fsp3) is 0.417. The summed E-state index contributed by atoms with van der Waals surface area (Å²) in [6, 6.07) is 1.93. The van der Waals surface area contributed by atoms with Gasteiger partial charge in [0.2, 0.25) is 0 Å². The summed E-state index contributed by atoms with van der Waals surface area (Å²) in [5, 5.41) is 0. The van der Waals surface area contributed by atoms with Crippen molar-refractivity contribution in [1.82, 2.24) is 14.5 Å². The van der Waals surface area contributed by atoms with E-state index >= 15 is 0 Å². The molecule has 4 heteroatoms. The van der Waals surface area contributed by atoms with Crippen LogP contribution >= 0.6 is 0 Å². The Morgan fingerprint density at radius 2 is 2.25 bits per heavy atom. The lowest BCUT2D eigenvalue weighted by Crippen LogP contribution is -2.00. The second-order valence-corrected chi connectivity index (χ2v) is 4.24. The van der Waals surface area contributed by atoms with Crippen LogP contribution in [0.5, 0.6) is 0 Å². The summed E-state index contributed by atoms with van der Waals surface area (Å²) in [4.78, 5) is 19.3. The maximum absolute atomic E-state index is 10.4. The van der Waals surface area contributed by atoms with E-state index in [1.165, 1.54) is 0 Å². The van der Waals surface area contributed by atoms with Crippen LogP contribution in [-0.4, -0.2) is 20.8 Å². The van der Waals surface area contributed by atoms with E-state index in [2.05, 4.69) is 23.8 Å². The number of imidazole rings is 1. The Balaban J connectivity index is 2.58. The van der Waals surface area contributed by atoms with Crippen molar-refractivity contribution in [1.29, 1.82) is 0 Å². The molecule has 2 aromatic heterocycles. The van der Waals surface area contributed by atoms with E-state index in [0.717, 1.165) is 28.8 Å². The van der Waals surface area contributed by atoms with Crippen molar-refractivity contribution in [2.45, 2.75) is 26.2 Å². The molecule has 0 atom stereocenters. The Bertz CT molecular complexity index is 528. The molecule has 4 nitrogen and oxygen atoms in total. The molecule has 0 saturated heterocycles. The Morgan fingerprint density at radius 3 is 2.88 bits per heavy atom. The fourth-order valence-corrected chi connectivity index (χ4v) is 1.86. The minimum Gasteiger partial charge on any atom is -0.316 e. The summed E-state index contributed by atoms with van der Waals surface area (Å²) in [6.07, 6.45) is 3.02. The Labute approximate surface area is 94.3 Å². The quantitative estimate of drug-likeness (QED) is 0.737. The molecule has 2 rings (SSSR count). The van der Waals surface area contributed by atoms with Crippen LogP contribution in [0.3, 0.4) is 0 Å². The van der Waals surface area contributed by atoms with Crippen LogP contribution in [0.25, 0.3) is 11.2 Å². The molecule has 0 aromatic carbocycles. The van der Waals surface area contributed by atoms with Crippen molar-refractivity contribution in [3.8, 4) is 0 Å². The van der Waals surface area contributed by atoms with Gasteiger partial charge >= 0.3 is 0 Å². The van der Waals surface area contributed by atoms with Gasteiger partial charge in [-0.15, -0.1) is 0 Å². The number of fused-ring (bicyclic) bond motifs is 1. The summed E-state index contributed by atoms with van der Waals surface area (Å²) in [7, 11) is 1.97. The molecule has 2 heterocycles. The van der Waals surface area contributed by atoms with E-state index in [0.29, 0.717) is 12.3 Å². The number of hydrogen-bond acceptors (Lipinski definition) is 3. The van der Waals surface area contributed by atoms with Crippen LogP contribution in [0, 0.1) is 0 Å². The van der Waals surface area contributed by atoms with Crippen LogP contribution in [0.2, 0.25) is 0 Å². The molecule has 0 unspecified atom stereocenters. The number of hydrogen-bond donors (Lipinski definition) is 0. The molecule has 0 saturated carbocycles. The van der Waals surface area contributed by atoms with Crippen molar-refractivity contribution < 1.29 is 4.79 Å². The van der Waals surface area contributed by atoms with Gasteiger partial charge < -0.3 is 9.36 Å². The smallest absolute Gasteiger partial charge is 0.159 e. The van der Waals surface area contributed by atoms with E-state index < -0.39 is 0 Å². The van der Waals surface area contributed by atoms with Crippen LogP contribution in [0.1, 0.15) is 31.2 Å². The summed E-state index contributed by atoms with van der Waals surface area (Å²) >= 11 is 0. The predicted molar refractivity (Wildman–Crippen MR) is 62.4 cm³/mol. The number of pyridine rings is 1. The number of carbonyl (C=O) groups excluding carboxylic acids is 1. The van der Waals surface area contributed by atoms with E-state index in [-0.39, 0.29) is 0 Å². The SMILES string of the molecule is CC(C)c1nc2cc(CC=O)cnc2n1C. The molecule has 0 aliphatic heterocycles. The normalized spacial score (nSPS) is 11.2. The first kappa shape index (κ1) is 10.8. The van der Waals surface area contributed by atoms with E-state index in [1.807, 2.05) is 17.7 Å². The summed E-state index contributed by atoms with van der Waals surface area (Å²) in [6.45, 7) is 4.21. The van der Waals surface area contributed by atoms with Gasteiger partial charge in [0.1, 0.15) is 17.6 Å².